The lowest BCUT2D eigenvalue weighted by Gasteiger charge is -2.25. The van der Waals surface area contributed by atoms with Crippen molar-refractivity contribution < 1.29 is 19.1 Å². The zero-order valence-electron chi connectivity index (χ0n) is 15.3. The van der Waals surface area contributed by atoms with Gasteiger partial charge in [-0.2, -0.15) is 0 Å². The van der Waals surface area contributed by atoms with Gasteiger partial charge in [0.05, 0.1) is 13.0 Å². The summed E-state index contributed by atoms with van der Waals surface area (Å²) in [6, 6.07) is 6.76. The molecule has 1 rings (SSSR count). The van der Waals surface area contributed by atoms with Gasteiger partial charge in [-0.3, -0.25) is 9.59 Å². The van der Waals surface area contributed by atoms with Crippen molar-refractivity contribution in [2.75, 3.05) is 33.4 Å². The first-order valence-electron chi connectivity index (χ1n) is 8.70. The molecule has 0 bridgehead atoms. The molecule has 0 radical (unpaired) electrons. The summed E-state index contributed by atoms with van der Waals surface area (Å²) in [5, 5.41) is 0.579. The van der Waals surface area contributed by atoms with Crippen LogP contribution in [0.2, 0.25) is 5.02 Å². The van der Waals surface area contributed by atoms with Gasteiger partial charge in [-0.1, -0.05) is 31.9 Å². The van der Waals surface area contributed by atoms with Crippen molar-refractivity contribution in [3.8, 4) is 0 Å². The van der Waals surface area contributed by atoms with Gasteiger partial charge < -0.3 is 14.4 Å². The van der Waals surface area contributed by atoms with Crippen LogP contribution >= 0.6 is 11.6 Å². The van der Waals surface area contributed by atoms with E-state index in [2.05, 4.69) is 6.92 Å². The van der Waals surface area contributed by atoms with E-state index in [1.165, 1.54) is 7.11 Å². The number of hydrogen-bond donors (Lipinski definition) is 0. The number of esters is 1. The van der Waals surface area contributed by atoms with Crippen molar-refractivity contribution in [2.24, 2.45) is 5.92 Å². The van der Waals surface area contributed by atoms with Crippen LogP contribution in [0, 0.1) is 5.92 Å². The molecule has 0 saturated heterocycles. The predicted molar refractivity (Wildman–Crippen MR) is 98.9 cm³/mol. The molecule has 0 aliphatic carbocycles. The molecule has 1 unspecified atom stereocenters. The maximum absolute atomic E-state index is 12.8. The van der Waals surface area contributed by atoms with Crippen LogP contribution in [-0.2, 0) is 14.3 Å². The Hall–Kier alpha value is -1.59. The van der Waals surface area contributed by atoms with Gasteiger partial charge in [0, 0.05) is 36.9 Å². The summed E-state index contributed by atoms with van der Waals surface area (Å²) in [4.78, 5) is 26.1. The topological polar surface area (TPSA) is 55.8 Å². The van der Waals surface area contributed by atoms with Crippen molar-refractivity contribution in [2.45, 2.75) is 33.1 Å². The Labute approximate surface area is 155 Å². The molecular formula is C19H28ClNO4. The minimum absolute atomic E-state index is 0.124. The van der Waals surface area contributed by atoms with Crippen LogP contribution in [0.5, 0.6) is 0 Å². The number of nitrogens with zero attached hydrogens (tertiary/aromatic N) is 1. The lowest BCUT2D eigenvalue weighted by molar-refractivity contribution is -0.145. The summed E-state index contributed by atoms with van der Waals surface area (Å²) < 4.78 is 10.3. The van der Waals surface area contributed by atoms with Gasteiger partial charge in [-0.05, 0) is 37.1 Å². The standard InChI is InChI=1S/C19H28ClNO4/c1-4-5-12-25-13-6-11-21(14-15(2)19(23)24-3)18(22)16-7-9-17(20)10-8-16/h7-10,15H,4-6,11-14H2,1-3H3. The number of amides is 1. The SMILES string of the molecule is CCCCOCCCN(CC(C)C(=O)OC)C(=O)c1ccc(Cl)cc1. The van der Waals surface area contributed by atoms with E-state index < -0.39 is 0 Å². The molecule has 25 heavy (non-hydrogen) atoms. The molecule has 5 nitrogen and oxygen atoms in total. The Morgan fingerprint density at radius 1 is 1.16 bits per heavy atom. The van der Waals surface area contributed by atoms with Crippen LogP contribution in [0.3, 0.4) is 0 Å². The normalized spacial score (nSPS) is 11.8. The Morgan fingerprint density at radius 2 is 1.80 bits per heavy atom. The average molecular weight is 370 g/mol. The van der Waals surface area contributed by atoms with E-state index in [1.54, 1.807) is 36.1 Å². The molecule has 1 aromatic carbocycles. The van der Waals surface area contributed by atoms with Crippen LogP contribution in [0.4, 0.5) is 0 Å². The van der Waals surface area contributed by atoms with Gasteiger partial charge in [0.2, 0.25) is 0 Å². The molecule has 140 valence electrons. The maximum atomic E-state index is 12.8. The highest BCUT2D eigenvalue weighted by Gasteiger charge is 2.22. The monoisotopic (exact) mass is 369 g/mol. The summed E-state index contributed by atoms with van der Waals surface area (Å²) >= 11 is 5.88. The van der Waals surface area contributed by atoms with Gasteiger partial charge >= 0.3 is 5.97 Å². The lowest BCUT2D eigenvalue weighted by Crippen LogP contribution is -2.38. The Bertz CT molecular complexity index is 533. The molecule has 1 aromatic rings. The summed E-state index contributed by atoms with van der Waals surface area (Å²) in [6.45, 7) is 6.03. The van der Waals surface area contributed by atoms with Gasteiger partial charge in [-0.15, -0.1) is 0 Å². The zero-order valence-corrected chi connectivity index (χ0v) is 16.1. The van der Waals surface area contributed by atoms with Gasteiger partial charge in [0.15, 0.2) is 0 Å². The summed E-state index contributed by atoms with van der Waals surface area (Å²) in [5.74, 6) is -0.837. The molecule has 1 atom stereocenters. The number of benzene rings is 1. The number of carbonyl (C=O) groups excluding carboxylic acids is 2. The quantitative estimate of drug-likeness (QED) is 0.439. The van der Waals surface area contributed by atoms with Crippen LogP contribution in [0.25, 0.3) is 0 Å². The van der Waals surface area contributed by atoms with Crippen molar-refractivity contribution in [1.29, 1.82) is 0 Å². The Kier molecular flexibility index (Phi) is 10.2. The Morgan fingerprint density at radius 3 is 2.40 bits per heavy atom. The molecule has 0 saturated carbocycles. The minimum Gasteiger partial charge on any atom is -0.469 e. The summed E-state index contributed by atoms with van der Waals surface area (Å²) in [5.41, 5.74) is 0.549. The number of rotatable bonds is 11. The van der Waals surface area contributed by atoms with Crippen LogP contribution < -0.4 is 0 Å². The molecule has 0 aliphatic rings. The fourth-order valence-electron chi connectivity index (χ4n) is 2.36. The van der Waals surface area contributed by atoms with Crippen molar-refractivity contribution >= 4 is 23.5 Å². The molecule has 0 spiro atoms. The number of ether oxygens (including phenoxy) is 2. The van der Waals surface area contributed by atoms with E-state index in [1.807, 2.05) is 0 Å². The first-order valence-corrected chi connectivity index (χ1v) is 9.07. The third-order valence-corrected chi connectivity index (χ3v) is 4.09. The van der Waals surface area contributed by atoms with Crippen molar-refractivity contribution in [1.82, 2.24) is 4.90 Å². The highest BCUT2D eigenvalue weighted by Crippen LogP contribution is 2.13. The number of carbonyl (C=O) groups is 2. The second kappa shape index (κ2) is 11.9. The summed E-state index contributed by atoms with van der Waals surface area (Å²) in [6.07, 6.45) is 2.85. The number of halogens is 1. The summed E-state index contributed by atoms with van der Waals surface area (Å²) in [7, 11) is 1.35. The second-order valence-corrected chi connectivity index (χ2v) is 6.44. The molecule has 0 heterocycles. The van der Waals surface area contributed by atoms with E-state index in [-0.39, 0.29) is 17.8 Å². The van der Waals surface area contributed by atoms with Gasteiger partial charge in [0.25, 0.3) is 5.91 Å². The zero-order chi connectivity index (χ0) is 18.7. The number of unbranched alkanes of at least 4 members (excludes halogenated alkanes) is 1. The van der Waals surface area contributed by atoms with E-state index in [0.29, 0.717) is 30.3 Å². The first-order chi connectivity index (χ1) is 12.0. The highest BCUT2D eigenvalue weighted by atomic mass is 35.5. The van der Waals surface area contributed by atoms with Crippen LogP contribution in [0.1, 0.15) is 43.5 Å². The van der Waals surface area contributed by atoms with E-state index in [4.69, 9.17) is 21.1 Å². The molecule has 6 heteroatoms. The minimum atomic E-state index is -0.387. The average Bonchev–Trinajstić information content (AvgIpc) is 2.62. The molecular weight excluding hydrogens is 342 g/mol. The van der Waals surface area contributed by atoms with Crippen LogP contribution in [0.15, 0.2) is 24.3 Å². The fraction of sp³-hybridized carbons (Fsp3) is 0.579. The smallest absolute Gasteiger partial charge is 0.310 e. The van der Waals surface area contributed by atoms with E-state index in [0.717, 1.165) is 25.9 Å². The third-order valence-electron chi connectivity index (χ3n) is 3.84. The predicted octanol–water partition coefficient (Wildman–Crippen LogP) is 3.80. The number of methoxy groups -OCH3 is 1. The number of hydrogen-bond acceptors (Lipinski definition) is 4. The van der Waals surface area contributed by atoms with E-state index >= 15 is 0 Å². The third kappa shape index (κ3) is 7.88. The largest absolute Gasteiger partial charge is 0.469 e. The van der Waals surface area contributed by atoms with E-state index in [9.17, 15) is 9.59 Å². The first kappa shape index (κ1) is 21.5. The van der Waals surface area contributed by atoms with Gasteiger partial charge in [-0.25, -0.2) is 0 Å². The maximum Gasteiger partial charge on any atom is 0.310 e. The van der Waals surface area contributed by atoms with Crippen molar-refractivity contribution in [3.63, 3.8) is 0 Å². The van der Waals surface area contributed by atoms with Gasteiger partial charge in [0.1, 0.15) is 0 Å². The molecule has 0 aliphatic heterocycles. The highest BCUT2D eigenvalue weighted by molar-refractivity contribution is 6.30. The molecule has 0 aromatic heterocycles. The molecule has 0 N–H and O–H groups in total. The molecule has 0 fully saturated rings. The van der Waals surface area contributed by atoms with Crippen molar-refractivity contribution in [3.05, 3.63) is 34.9 Å². The van der Waals surface area contributed by atoms with Crippen LogP contribution in [-0.4, -0.2) is 50.2 Å². The molecule has 1 amide bonds. The Balaban J connectivity index is 2.67. The fourth-order valence-corrected chi connectivity index (χ4v) is 2.49. The second-order valence-electron chi connectivity index (χ2n) is 6.00. The lowest BCUT2D eigenvalue weighted by atomic mass is 10.1.